The number of carbonyl (C=O) groups excluding carboxylic acids is 4. The third-order valence-electron chi connectivity index (χ3n) is 5.56. The van der Waals surface area contributed by atoms with Crippen LogP contribution in [-0.2, 0) is 14.3 Å². The van der Waals surface area contributed by atoms with Crippen LogP contribution in [0.1, 0.15) is 34.3 Å². The summed E-state index contributed by atoms with van der Waals surface area (Å²) >= 11 is 7.40. The zero-order chi connectivity index (χ0) is 25.4. The van der Waals surface area contributed by atoms with Gasteiger partial charge in [-0.05, 0) is 61.8 Å². The quantitative estimate of drug-likeness (QED) is 0.505. The number of esters is 1. The first-order valence-corrected chi connectivity index (χ1v) is 12.9. The third kappa shape index (κ3) is 7.25. The molecule has 2 heterocycles. The minimum atomic E-state index is -1.03. The van der Waals surface area contributed by atoms with E-state index in [2.05, 4.69) is 5.32 Å². The van der Waals surface area contributed by atoms with Crippen LogP contribution in [0.3, 0.4) is 0 Å². The van der Waals surface area contributed by atoms with E-state index in [1.165, 1.54) is 24.9 Å². The number of rotatable bonds is 9. The first kappa shape index (κ1) is 26.6. The molecule has 1 fully saturated rings. The third-order valence-corrected chi connectivity index (χ3v) is 6.45. The molecule has 0 aliphatic carbocycles. The molecule has 2 aromatic rings. The summed E-state index contributed by atoms with van der Waals surface area (Å²) in [6.07, 6.45) is 2.66. The zero-order valence-corrected chi connectivity index (χ0v) is 21.1. The van der Waals surface area contributed by atoms with Crippen LogP contribution in [0.25, 0.3) is 0 Å². The van der Waals surface area contributed by atoms with Crippen LogP contribution < -0.4 is 5.32 Å². The minimum absolute atomic E-state index is 0.227. The summed E-state index contributed by atoms with van der Waals surface area (Å²) in [6.45, 7) is 2.83. The number of halogens is 1. The number of hydrogen-bond donors (Lipinski definition) is 1. The van der Waals surface area contributed by atoms with Gasteiger partial charge in [-0.2, -0.15) is 11.8 Å². The van der Waals surface area contributed by atoms with Gasteiger partial charge in [0.1, 0.15) is 6.04 Å². The molecule has 1 aromatic carbocycles. The van der Waals surface area contributed by atoms with Crippen LogP contribution in [0.2, 0.25) is 5.02 Å². The van der Waals surface area contributed by atoms with E-state index < -0.39 is 24.0 Å². The predicted octanol–water partition coefficient (Wildman–Crippen LogP) is 2.70. The summed E-state index contributed by atoms with van der Waals surface area (Å²) in [5.41, 5.74) is 0.363. The Morgan fingerprint density at radius 1 is 1.09 bits per heavy atom. The number of amides is 3. The molecule has 11 heteroatoms. The highest BCUT2D eigenvalue weighted by Gasteiger charge is 2.31. The zero-order valence-electron chi connectivity index (χ0n) is 19.6. The SMILES string of the molecule is CSCCC(NC(=O)c1ccc(Cl)cc1)C(=O)OC(C)C(=O)N1CCN(C(=O)c2ccco2)CC1. The lowest BCUT2D eigenvalue weighted by molar-refractivity contribution is -0.161. The van der Waals surface area contributed by atoms with Crippen molar-refractivity contribution in [1.82, 2.24) is 15.1 Å². The number of benzene rings is 1. The van der Waals surface area contributed by atoms with E-state index in [-0.39, 0.29) is 17.6 Å². The van der Waals surface area contributed by atoms with Crippen LogP contribution in [0.5, 0.6) is 0 Å². The highest BCUT2D eigenvalue weighted by atomic mass is 35.5. The molecule has 0 bridgehead atoms. The molecule has 188 valence electrons. The van der Waals surface area contributed by atoms with E-state index in [0.29, 0.717) is 48.9 Å². The summed E-state index contributed by atoms with van der Waals surface area (Å²) in [7, 11) is 0. The van der Waals surface area contributed by atoms with Crippen molar-refractivity contribution in [3.05, 3.63) is 59.0 Å². The maximum absolute atomic E-state index is 12.9. The molecule has 0 saturated carbocycles. The number of carbonyl (C=O) groups is 4. The van der Waals surface area contributed by atoms with Crippen molar-refractivity contribution in [2.75, 3.05) is 38.2 Å². The van der Waals surface area contributed by atoms with Gasteiger partial charge in [0, 0.05) is 36.8 Å². The Hall–Kier alpha value is -2.98. The van der Waals surface area contributed by atoms with Gasteiger partial charge in [0.15, 0.2) is 11.9 Å². The summed E-state index contributed by atoms with van der Waals surface area (Å²) in [5, 5.41) is 3.19. The van der Waals surface area contributed by atoms with Crippen molar-refractivity contribution in [1.29, 1.82) is 0 Å². The number of thioether (sulfide) groups is 1. The van der Waals surface area contributed by atoms with Crippen LogP contribution in [0.4, 0.5) is 0 Å². The Kier molecular flexibility index (Phi) is 9.62. The molecule has 0 spiro atoms. The molecular formula is C24H28ClN3O6S. The lowest BCUT2D eigenvalue weighted by Crippen LogP contribution is -2.53. The Morgan fingerprint density at radius 2 is 1.74 bits per heavy atom. The van der Waals surface area contributed by atoms with Gasteiger partial charge in [-0.1, -0.05) is 11.6 Å². The van der Waals surface area contributed by atoms with E-state index in [1.807, 2.05) is 6.26 Å². The number of furan rings is 1. The average Bonchev–Trinajstić information content (AvgIpc) is 3.41. The van der Waals surface area contributed by atoms with E-state index >= 15 is 0 Å². The highest BCUT2D eigenvalue weighted by molar-refractivity contribution is 7.98. The van der Waals surface area contributed by atoms with Gasteiger partial charge in [0.05, 0.1) is 6.26 Å². The Bertz CT molecular complexity index is 1020. The average molecular weight is 522 g/mol. The second kappa shape index (κ2) is 12.6. The number of ether oxygens (including phenoxy) is 1. The molecule has 9 nitrogen and oxygen atoms in total. The number of nitrogens with zero attached hydrogens (tertiary/aromatic N) is 2. The molecule has 1 aliphatic heterocycles. The van der Waals surface area contributed by atoms with Crippen LogP contribution in [0.15, 0.2) is 47.1 Å². The molecule has 3 rings (SSSR count). The van der Waals surface area contributed by atoms with Gasteiger partial charge in [-0.25, -0.2) is 4.79 Å². The largest absolute Gasteiger partial charge is 0.459 e. The summed E-state index contributed by atoms with van der Waals surface area (Å²) in [5.74, 6) is -0.807. The molecular weight excluding hydrogens is 494 g/mol. The van der Waals surface area contributed by atoms with Gasteiger partial charge in [0.25, 0.3) is 17.7 Å². The molecule has 0 radical (unpaired) electrons. The Labute approximate surface area is 213 Å². The van der Waals surface area contributed by atoms with E-state index in [0.717, 1.165) is 0 Å². The van der Waals surface area contributed by atoms with Gasteiger partial charge >= 0.3 is 5.97 Å². The fraction of sp³-hybridized carbons (Fsp3) is 0.417. The van der Waals surface area contributed by atoms with Gasteiger partial charge in [0.2, 0.25) is 0 Å². The standard InChI is InChI=1S/C24H28ClN3O6S/c1-16(22(30)27-10-12-28(13-11-27)23(31)20-4-3-14-33-20)34-24(32)19(9-15-35-2)26-21(29)17-5-7-18(25)8-6-17/h3-8,14,16,19H,9-13,15H2,1-2H3,(H,26,29). The highest BCUT2D eigenvalue weighted by Crippen LogP contribution is 2.13. The van der Waals surface area contributed by atoms with E-state index in [4.69, 9.17) is 20.8 Å². The molecule has 2 unspecified atom stereocenters. The molecule has 1 N–H and O–H groups in total. The van der Waals surface area contributed by atoms with E-state index in [9.17, 15) is 19.2 Å². The lowest BCUT2D eigenvalue weighted by atomic mass is 10.1. The number of piperazine rings is 1. The van der Waals surface area contributed by atoms with Crippen molar-refractivity contribution in [3.63, 3.8) is 0 Å². The Morgan fingerprint density at radius 3 is 2.34 bits per heavy atom. The molecule has 3 amide bonds. The topological polar surface area (TPSA) is 109 Å². The van der Waals surface area contributed by atoms with Crippen molar-refractivity contribution < 1.29 is 28.3 Å². The van der Waals surface area contributed by atoms with Crippen molar-refractivity contribution >= 4 is 47.1 Å². The van der Waals surface area contributed by atoms with Crippen molar-refractivity contribution in [2.45, 2.75) is 25.5 Å². The number of hydrogen-bond acceptors (Lipinski definition) is 7. The predicted molar refractivity (Wildman–Crippen MR) is 132 cm³/mol. The second-order valence-electron chi connectivity index (χ2n) is 7.99. The second-order valence-corrected chi connectivity index (χ2v) is 9.41. The van der Waals surface area contributed by atoms with Crippen molar-refractivity contribution in [3.8, 4) is 0 Å². The molecule has 1 saturated heterocycles. The summed E-state index contributed by atoms with van der Waals surface area (Å²) in [4.78, 5) is 53.9. The summed E-state index contributed by atoms with van der Waals surface area (Å²) in [6, 6.07) is 8.66. The van der Waals surface area contributed by atoms with Gasteiger partial charge in [-0.3, -0.25) is 14.4 Å². The van der Waals surface area contributed by atoms with Crippen molar-refractivity contribution in [2.24, 2.45) is 0 Å². The van der Waals surface area contributed by atoms with Gasteiger partial charge in [-0.15, -0.1) is 0 Å². The fourth-order valence-corrected chi connectivity index (χ4v) is 4.17. The molecule has 1 aliphatic rings. The van der Waals surface area contributed by atoms with Crippen LogP contribution >= 0.6 is 23.4 Å². The monoisotopic (exact) mass is 521 g/mol. The minimum Gasteiger partial charge on any atom is -0.459 e. The first-order chi connectivity index (χ1) is 16.8. The smallest absolute Gasteiger partial charge is 0.329 e. The number of nitrogens with one attached hydrogen (secondary N) is 1. The van der Waals surface area contributed by atoms with Crippen LogP contribution in [-0.4, -0.2) is 83.8 Å². The van der Waals surface area contributed by atoms with E-state index in [1.54, 1.807) is 46.2 Å². The maximum Gasteiger partial charge on any atom is 0.329 e. The maximum atomic E-state index is 12.9. The molecule has 35 heavy (non-hydrogen) atoms. The molecule has 2 atom stereocenters. The lowest BCUT2D eigenvalue weighted by Gasteiger charge is -2.35. The van der Waals surface area contributed by atoms with Crippen LogP contribution in [0, 0.1) is 0 Å². The Balaban J connectivity index is 1.54. The normalized spacial score (nSPS) is 15.3. The fourth-order valence-electron chi connectivity index (χ4n) is 3.58. The summed E-state index contributed by atoms with van der Waals surface area (Å²) < 4.78 is 10.6. The van der Waals surface area contributed by atoms with Gasteiger partial charge < -0.3 is 24.3 Å². The first-order valence-electron chi connectivity index (χ1n) is 11.2. The molecule has 1 aromatic heterocycles.